The Morgan fingerprint density at radius 3 is 2.46 bits per heavy atom. The fraction of sp³-hybridized carbons (Fsp3) is 0.889. The number of rotatable bonds is 7. The van der Waals surface area contributed by atoms with Crippen molar-refractivity contribution in [2.75, 3.05) is 19.8 Å². The lowest BCUT2D eigenvalue weighted by molar-refractivity contribution is -0.142. The van der Waals surface area contributed by atoms with Gasteiger partial charge in [-0.3, -0.25) is 4.79 Å². The van der Waals surface area contributed by atoms with E-state index in [4.69, 9.17) is 9.47 Å². The lowest BCUT2D eigenvalue weighted by atomic mass is 10.5. The highest BCUT2D eigenvalue weighted by Gasteiger charge is 1.96. The molecule has 0 rings (SSSR count). The number of ether oxygens (including phenoxy) is 2. The summed E-state index contributed by atoms with van der Waals surface area (Å²) in [6.45, 7) is 7.69. The first-order chi connectivity index (χ1) is 6.13. The molecule has 0 amide bonds. The number of esters is 1. The van der Waals surface area contributed by atoms with Crippen molar-refractivity contribution in [3.63, 3.8) is 0 Å². The van der Waals surface area contributed by atoms with Crippen LogP contribution in [0.5, 0.6) is 0 Å². The summed E-state index contributed by atoms with van der Waals surface area (Å²) in [6, 6.07) is 1.29. The van der Waals surface area contributed by atoms with Gasteiger partial charge in [0.25, 0.3) is 0 Å². The Hall–Kier alpha value is -0.353. The molecule has 0 atom stereocenters. The third kappa shape index (κ3) is 11.6. The summed E-state index contributed by atoms with van der Waals surface area (Å²) in [4.78, 5) is 10.3. The standard InChI is InChI=1S/C9H19O3Si/c1-9(10)12-7-6-11-5-4-8-13(2)3/h4-8H2,1-3H3. The number of hydrogen-bond acceptors (Lipinski definition) is 3. The van der Waals surface area contributed by atoms with E-state index in [1.54, 1.807) is 0 Å². The summed E-state index contributed by atoms with van der Waals surface area (Å²) in [5.74, 6) is -0.240. The van der Waals surface area contributed by atoms with Gasteiger partial charge in [-0.2, -0.15) is 0 Å². The summed E-state index contributed by atoms with van der Waals surface area (Å²) >= 11 is 0. The average molecular weight is 203 g/mol. The molecule has 0 aliphatic heterocycles. The highest BCUT2D eigenvalue weighted by Crippen LogP contribution is 1.96. The highest BCUT2D eigenvalue weighted by atomic mass is 28.3. The van der Waals surface area contributed by atoms with Gasteiger partial charge >= 0.3 is 5.97 Å². The van der Waals surface area contributed by atoms with Gasteiger partial charge in [-0.25, -0.2) is 0 Å². The van der Waals surface area contributed by atoms with E-state index in [1.807, 2.05) is 0 Å². The van der Waals surface area contributed by atoms with Crippen LogP contribution in [0.4, 0.5) is 0 Å². The second-order valence-electron chi connectivity index (χ2n) is 3.26. The van der Waals surface area contributed by atoms with E-state index < -0.39 is 0 Å². The van der Waals surface area contributed by atoms with Crippen LogP contribution in [0, 0.1) is 0 Å². The van der Waals surface area contributed by atoms with E-state index in [-0.39, 0.29) is 14.8 Å². The van der Waals surface area contributed by atoms with Gasteiger partial charge < -0.3 is 9.47 Å². The fourth-order valence-electron chi connectivity index (χ4n) is 0.874. The van der Waals surface area contributed by atoms with Crippen LogP contribution >= 0.6 is 0 Å². The number of carbonyl (C=O) groups excluding carboxylic acids is 1. The Kier molecular flexibility index (Phi) is 8.03. The molecule has 0 N–H and O–H groups in total. The Morgan fingerprint density at radius 2 is 1.92 bits per heavy atom. The Balaban J connectivity index is 2.96. The molecular formula is C9H19O3Si. The van der Waals surface area contributed by atoms with E-state index in [0.29, 0.717) is 13.2 Å². The molecule has 0 aromatic heterocycles. The predicted molar refractivity (Wildman–Crippen MR) is 54.4 cm³/mol. The maximum atomic E-state index is 10.3. The zero-order chi connectivity index (χ0) is 10.1. The third-order valence-corrected chi connectivity index (χ3v) is 2.85. The van der Waals surface area contributed by atoms with Gasteiger partial charge in [-0.15, -0.1) is 0 Å². The van der Waals surface area contributed by atoms with Gasteiger partial charge in [-0.05, 0) is 6.42 Å². The van der Waals surface area contributed by atoms with Crippen molar-refractivity contribution >= 4 is 14.8 Å². The van der Waals surface area contributed by atoms with E-state index in [1.165, 1.54) is 13.0 Å². The molecule has 0 heterocycles. The molecule has 0 spiro atoms. The largest absolute Gasteiger partial charge is 0.463 e. The van der Waals surface area contributed by atoms with Crippen LogP contribution in [0.2, 0.25) is 19.1 Å². The quantitative estimate of drug-likeness (QED) is 0.359. The zero-order valence-corrected chi connectivity index (χ0v) is 9.76. The summed E-state index contributed by atoms with van der Waals surface area (Å²) in [5, 5.41) is 0. The van der Waals surface area contributed by atoms with Gasteiger partial charge in [-0.1, -0.05) is 19.1 Å². The van der Waals surface area contributed by atoms with Gasteiger partial charge in [0.15, 0.2) is 0 Å². The van der Waals surface area contributed by atoms with E-state index >= 15 is 0 Å². The summed E-state index contributed by atoms with van der Waals surface area (Å²) in [5.41, 5.74) is 0. The molecule has 0 saturated carbocycles. The van der Waals surface area contributed by atoms with E-state index in [9.17, 15) is 4.79 Å². The lowest BCUT2D eigenvalue weighted by Gasteiger charge is -2.05. The first-order valence-electron chi connectivity index (χ1n) is 4.63. The van der Waals surface area contributed by atoms with Crippen LogP contribution in [-0.4, -0.2) is 34.6 Å². The topological polar surface area (TPSA) is 35.5 Å². The monoisotopic (exact) mass is 203 g/mol. The molecule has 0 aliphatic carbocycles. The molecule has 0 unspecified atom stereocenters. The summed E-state index contributed by atoms with van der Waals surface area (Å²) < 4.78 is 9.99. The first kappa shape index (κ1) is 12.6. The molecule has 77 valence electrons. The number of hydrogen-bond donors (Lipinski definition) is 0. The second kappa shape index (κ2) is 8.25. The van der Waals surface area contributed by atoms with Crippen LogP contribution in [0.15, 0.2) is 0 Å². The van der Waals surface area contributed by atoms with E-state index in [2.05, 4.69) is 13.1 Å². The first-order valence-corrected chi connectivity index (χ1v) is 7.33. The van der Waals surface area contributed by atoms with Gasteiger partial charge in [0.2, 0.25) is 0 Å². The maximum Gasteiger partial charge on any atom is 0.302 e. The SMILES string of the molecule is CC(=O)OCCOCCC[Si](C)C. The predicted octanol–water partition coefficient (Wildman–Crippen LogP) is 1.71. The highest BCUT2D eigenvalue weighted by molar-refractivity contribution is 6.55. The molecular weight excluding hydrogens is 184 g/mol. The minimum absolute atomic E-state index is 0.106. The van der Waals surface area contributed by atoms with Crippen LogP contribution in [0.25, 0.3) is 0 Å². The molecule has 0 bridgehead atoms. The van der Waals surface area contributed by atoms with Gasteiger partial charge in [0.05, 0.1) is 6.61 Å². The molecule has 0 saturated heterocycles. The van der Waals surface area contributed by atoms with Gasteiger partial charge in [0.1, 0.15) is 6.61 Å². The van der Waals surface area contributed by atoms with Gasteiger partial charge in [0, 0.05) is 22.3 Å². The van der Waals surface area contributed by atoms with Crippen LogP contribution < -0.4 is 0 Å². The minimum Gasteiger partial charge on any atom is -0.463 e. The molecule has 0 aromatic rings. The Morgan fingerprint density at radius 1 is 1.23 bits per heavy atom. The third-order valence-electron chi connectivity index (χ3n) is 1.50. The molecule has 0 aromatic carbocycles. The summed E-state index contributed by atoms with van der Waals surface area (Å²) in [7, 11) is -0.106. The smallest absolute Gasteiger partial charge is 0.302 e. The summed E-state index contributed by atoms with van der Waals surface area (Å²) in [6.07, 6.45) is 1.13. The normalized spacial score (nSPS) is 10.5. The van der Waals surface area contributed by atoms with Crippen LogP contribution in [0.1, 0.15) is 13.3 Å². The van der Waals surface area contributed by atoms with Crippen molar-refractivity contribution in [3.8, 4) is 0 Å². The lowest BCUT2D eigenvalue weighted by Crippen LogP contribution is -2.09. The Bertz CT molecular complexity index is 137. The van der Waals surface area contributed by atoms with E-state index in [0.717, 1.165) is 13.0 Å². The van der Waals surface area contributed by atoms with Crippen molar-refractivity contribution in [2.24, 2.45) is 0 Å². The second-order valence-corrected chi connectivity index (χ2v) is 6.18. The molecule has 1 radical (unpaired) electrons. The molecule has 4 heteroatoms. The molecule has 3 nitrogen and oxygen atoms in total. The molecule has 0 aliphatic rings. The number of carbonyl (C=O) groups is 1. The van der Waals surface area contributed by atoms with Crippen LogP contribution in [-0.2, 0) is 14.3 Å². The van der Waals surface area contributed by atoms with Crippen molar-refractivity contribution in [3.05, 3.63) is 0 Å². The average Bonchev–Trinajstić information content (AvgIpc) is 2.01. The van der Waals surface area contributed by atoms with Crippen molar-refractivity contribution in [1.82, 2.24) is 0 Å². The Labute approximate surface area is 82.0 Å². The zero-order valence-electron chi connectivity index (χ0n) is 8.76. The maximum absolute atomic E-state index is 10.3. The van der Waals surface area contributed by atoms with Crippen molar-refractivity contribution in [2.45, 2.75) is 32.5 Å². The molecule has 0 fully saturated rings. The van der Waals surface area contributed by atoms with Crippen molar-refractivity contribution < 1.29 is 14.3 Å². The minimum atomic E-state index is -0.240. The fourth-order valence-corrected chi connectivity index (χ4v) is 1.73. The van der Waals surface area contributed by atoms with Crippen LogP contribution in [0.3, 0.4) is 0 Å². The molecule has 13 heavy (non-hydrogen) atoms. The van der Waals surface area contributed by atoms with Crippen molar-refractivity contribution in [1.29, 1.82) is 0 Å².